The van der Waals surface area contributed by atoms with E-state index in [0.717, 1.165) is 6.42 Å². The lowest BCUT2D eigenvalue weighted by Crippen LogP contribution is -2.45. The summed E-state index contributed by atoms with van der Waals surface area (Å²) < 4.78 is 5.42. The minimum Gasteiger partial charge on any atom is -0.443 e. The van der Waals surface area contributed by atoms with Crippen molar-refractivity contribution in [3.8, 4) is 0 Å². The molecule has 0 bridgehead atoms. The van der Waals surface area contributed by atoms with Gasteiger partial charge in [-0.05, 0) is 26.2 Å². The molecule has 0 aromatic carbocycles. The molecule has 4 nitrogen and oxygen atoms in total. The van der Waals surface area contributed by atoms with E-state index in [2.05, 4.69) is 0 Å². The van der Waals surface area contributed by atoms with Crippen molar-refractivity contribution < 1.29 is 14.3 Å². The van der Waals surface area contributed by atoms with Crippen LogP contribution in [0.1, 0.15) is 40.5 Å². The quantitative estimate of drug-likeness (QED) is 0.726. The van der Waals surface area contributed by atoms with E-state index in [0.29, 0.717) is 13.0 Å². The van der Waals surface area contributed by atoms with Gasteiger partial charge in [0.15, 0.2) is 5.78 Å². The van der Waals surface area contributed by atoms with E-state index in [1.807, 2.05) is 27.7 Å². The van der Waals surface area contributed by atoms with Gasteiger partial charge < -0.3 is 9.64 Å². The van der Waals surface area contributed by atoms with Crippen LogP contribution in [0.15, 0.2) is 0 Å². The van der Waals surface area contributed by atoms with Crippen LogP contribution in [-0.4, -0.2) is 35.5 Å². The Kier molecular flexibility index (Phi) is 3.94. The average molecular weight is 227 g/mol. The maximum Gasteiger partial charge on any atom is 0.410 e. The second-order valence-corrected chi connectivity index (χ2v) is 5.19. The molecule has 0 saturated carbocycles. The van der Waals surface area contributed by atoms with Crippen molar-refractivity contribution in [3.05, 3.63) is 0 Å². The Bertz CT molecular complexity index is 284. The van der Waals surface area contributed by atoms with Crippen LogP contribution in [0.3, 0.4) is 0 Å². The van der Waals surface area contributed by atoms with Gasteiger partial charge in [0.1, 0.15) is 5.60 Å². The van der Waals surface area contributed by atoms with Crippen LogP contribution < -0.4 is 0 Å². The summed E-state index contributed by atoms with van der Waals surface area (Å²) in [4.78, 5) is 24.5. The van der Waals surface area contributed by atoms with E-state index in [1.54, 1.807) is 0 Å². The van der Waals surface area contributed by atoms with Crippen molar-refractivity contribution in [1.82, 2.24) is 4.90 Å². The molecule has 1 heterocycles. The van der Waals surface area contributed by atoms with E-state index in [9.17, 15) is 9.59 Å². The van der Waals surface area contributed by atoms with Gasteiger partial charge in [-0.25, -0.2) is 4.79 Å². The first-order chi connectivity index (χ1) is 7.33. The molecule has 1 aliphatic rings. The number of hydrogen-bond donors (Lipinski definition) is 0. The number of rotatable bonds is 2. The maximum absolute atomic E-state index is 11.8. The number of amides is 1. The van der Waals surface area contributed by atoms with Crippen molar-refractivity contribution >= 4 is 11.9 Å². The number of ketones is 1. The van der Waals surface area contributed by atoms with Gasteiger partial charge in [0.05, 0.1) is 6.54 Å². The van der Waals surface area contributed by atoms with E-state index in [4.69, 9.17) is 4.74 Å². The maximum atomic E-state index is 11.8. The minimum absolute atomic E-state index is 0.116. The molecule has 0 aliphatic carbocycles. The zero-order chi connectivity index (χ0) is 12.3. The fourth-order valence-corrected chi connectivity index (χ4v) is 1.40. The number of ether oxygens (including phenoxy) is 1. The molecule has 0 radical (unpaired) electrons. The van der Waals surface area contributed by atoms with Crippen LogP contribution in [0, 0.1) is 5.92 Å². The molecular formula is C12H21NO3. The summed E-state index contributed by atoms with van der Waals surface area (Å²) >= 11 is 0. The summed E-state index contributed by atoms with van der Waals surface area (Å²) in [5.74, 6) is 0.363. The molecular weight excluding hydrogens is 206 g/mol. The number of hydrogen-bond acceptors (Lipinski definition) is 3. The zero-order valence-electron chi connectivity index (χ0n) is 10.6. The third-order valence-corrected chi connectivity index (χ3v) is 3.25. The van der Waals surface area contributed by atoms with Gasteiger partial charge in [0.25, 0.3) is 0 Å². The summed E-state index contributed by atoms with van der Waals surface area (Å²) in [5, 5.41) is 0. The molecule has 4 heteroatoms. The van der Waals surface area contributed by atoms with Crippen LogP contribution in [0.5, 0.6) is 0 Å². The van der Waals surface area contributed by atoms with Crippen molar-refractivity contribution in [1.29, 1.82) is 0 Å². The number of nitrogens with zero attached hydrogens (tertiary/aromatic N) is 1. The highest BCUT2D eigenvalue weighted by Crippen LogP contribution is 2.22. The third-order valence-electron chi connectivity index (χ3n) is 3.25. The molecule has 0 aromatic heterocycles. The highest BCUT2D eigenvalue weighted by atomic mass is 16.6. The zero-order valence-corrected chi connectivity index (χ0v) is 10.6. The largest absolute Gasteiger partial charge is 0.443 e. The Morgan fingerprint density at radius 2 is 2.06 bits per heavy atom. The Labute approximate surface area is 96.9 Å². The molecule has 1 fully saturated rings. The third kappa shape index (κ3) is 3.22. The second-order valence-electron chi connectivity index (χ2n) is 5.19. The minimum atomic E-state index is -0.489. The fourth-order valence-electron chi connectivity index (χ4n) is 1.40. The van der Waals surface area contributed by atoms with Gasteiger partial charge >= 0.3 is 6.09 Å². The average Bonchev–Trinajstić information content (AvgIpc) is 2.16. The van der Waals surface area contributed by atoms with Crippen LogP contribution in [0.2, 0.25) is 0 Å². The Morgan fingerprint density at radius 1 is 1.44 bits per heavy atom. The van der Waals surface area contributed by atoms with Gasteiger partial charge in [0, 0.05) is 13.0 Å². The van der Waals surface area contributed by atoms with Gasteiger partial charge in [-0.1, -0.05) is 13.8 Å². The number of likely N-dealkylation sites (tertiary alicyclic amines) is 1. The summed E-state index contributed by atoms with van der Waals surface area (Å²) in [6.07, 6.45) is 0.958. The van der Waals surface area contributed by atoms with Gasteiger partial charge in [-0.3, -0.25) is 4.79 Å². The van der Waals surface area contributed by atoms with Crippen molar-refractivity contribution in [3.63, 3.8) is 0 Å². The predicted molar refractivity (Wildman–Crippen MR) is 61.2 cm³/mol. The van der Waals surface area contributed by atoms with Gasteiger partial charge in [0.2, 0.25) is 0 Å². The Hall–Kier alpha value is -1.06. The van der Waals surface area contributed by atoms with E-state index in [-0.39, 0.29) is 24.3 Å². The second kappa shape index (κ2) is 4.85. The number of Topliss-reactive ketones (excluding diaryl/α,β-unsaturated/α-hetero) is 1. The number of piperidine rings is 1. The van der Waals surface area contributed by atoms with Crippen molar-refractivity contribution in [2.45, 2.75) is 46.1 Å². The number of carbonyl (C=O) groups is 2. The van der Waals surface area contributed by atoms with Gasteiger partial charge in [-0.15, -0.1) is 0 Å². The summed E-state index contributed by atoms with van der Waals surface area (Å²) in [6.45, 7) is 8.62. The van der Waals surface area contributed by atoms with E-state index < -0.39 is 5.60 Å². The molecule has 0 aromatic rings. The molecule has 92 valence electrons. The predicted octanol–water partition coefficient (Wildman–Crippen LogP) is 2.22. The van der Waals surface area contributed by atoms with E-state index in [1.165, 1.54) is 4.90 Å². The molecule has 1 amide bonds. The monoisotopic (exact) mass is 227 g/mol. The van der Waals surface area contributed by atoms with Crippen LogP contribution in [0.25, 0.3) is 0 Å². The standard InChI is InChI=1S/C12H21NO3/c1-9(2)12(3,4)16-11(15)13-7-5-6-10(14)8-13/h9H,5-8H2,1-4H3. The Balaban J connectivity index is 2.55. The lowest BCUT2D eigenvalue weighted by Gasteiger charge is -2.33. The Morgan fingerprint density at radius 3 is 2.56 bits per heavy atom. The summed E-state index contributed by atoms with van der Waals surface area (Å²) in [6, 6.07) is 0. The summed E-state index contributed by atoms with van der Waals surface area (Å²) in [7, 11) is 0. The van der Waals surface area contributed by atoms with Crippen molar-refractivity contribution in [2.24, 2.45) is 5.92 Å². The molecule has 0 spiro atoms. The first kappa shape index (κ1) is 13.0. The lowest BCUT2D eigenvalue weighted by molar-refractivity contribution is -0.122. The summed E-state index contributed by atoms with van der Waals surface area (Å²) in [5.41, 5.74) is -0.489. The SMILES string of the molecule is CC(C)C(C)(C)OC(=O)N1CCCC(=O)C1. The van der Waals surface area contributed by atoms with Crippen molar-refractivity contribution in [2.75, 3.05) is 13.1 Å². The molecule has 16 heavy (non-hydrogen) atoms. The van der Waals surface area contributed by atoms with Crippen LogP contribution >= 0.6 is 0 Å². The van der Waals surface area contributed by atoms with E-state index >= 15 is 0 Å². The van der Waals surface area contributed by atoms with Crippen LogP contribution in [0.4, 0.5) is 4.79 Å². The fraction of sp³-hybridized carbons (Fsp3) is 0.833. The van der Waals surface area contributed by atoms with Crippen LogP contribution in [-0.2, 0) is 9.53 Å². The smallest absolute Gasteiger partial charge is 0.410 e. The first-order valence-corrected chi connectivity index (χ1v) is 5.82. The lowest BCUT2D eigenvalue weighted by atomic mass is 9.95. The molecule has 0 unspecified atom stereocenters. The molecule has 0 N–H and O–H groups in total. The number of carbonyl (C=O) groups excluding carboxylic acids is 2. The van der Waals surface area contributed by atoms with Gasteiger partial charge in [-0.2, -0.15) is 0 Å². The highest BCUT2D eigenvalue weighted by Gasteiger charge is 2.31. The molecule has 0 atom stereocenters. The highest BCUT2D eigenvalue weighted by molar-refractivity contribution is 5.85. The first-order valence-electron chi connectivity index (χ1n) is 5.82. The normalized spacial score (nSPS) is 17.8. The molecule has 1 saturated heterocycles. The topological polar surface area (TPSA) is 46.6 Å². The molecule has 1 rings (SSSR count). The molecule has 1 aliphatic heterocycles.